The standard InChI is InChI=1S/C15H19N5O2S/c1-11-4-7-19(8-5-11)15-18-17-14(23-15)16-9-12-3-2-6-20(12)10-13(21)22/h2-3,6,9,11H,4-5,7-8,10H2,1H3,(H,21,22)/p-1. The monoisotopic (exact) mass is 332 g/mol. The molecule has 8 heteroatoms. The third-order valence-electron chi connectivity index (χ3n) is 3.93. The number of aliphatic carboxylic acids is 1. The quantitative estimate of drug-likeness (QED) is 0.765. The molecule has 23 heavy (non-hydrogen) atoms. The summed E-state index contributed by atoms with van der Waals surface area (Å²) in [4.78, 5) is 17.2. The minimum Gasteiger partial charge on any atom is -0.548 e. The second-order valence-corrected chi connectivity index (χ2v) is 6.66. The van der Waals surface area contributed by atoms with Gasteiger partial charge in [-0.1, -0.05) is 18.3 Å². The highest BCUT2D eigenvalue weighted by atomic mass is 32.1. The first-order valence-electron chi connectivity index (χ1n) is 7.59. The SMILES string of the molecule is CC1CCN(c2nnc(N=Cc3cccn3CC(=O)[O-])s2)CC1. The van der Waals surface area contributed by atoms with Gasteiger partial charge in [0.2, 0.25) is 10.3 Å². The molecule has 2 aromatic rings. The third kappa shape index (κ3) is 3.95. The Hall–Kier alpha value is -2.22. The summed E-state index contributed by atoms with van der Waals surface area (Å²) in [6.45, 7) is 4.10. The van der Waals surface area contributed by atoms with E-state index in [0.29, 0.717) is 10.8 Å². The molecule has 3 heterocycles. The van der Waals surface area contributed by atoms with Crippen molar-refractivity contribution in [2.45, 2.75) is 26.3 Å². The molecule has 122 valence electrons. The van der Waals surface area contributed by atoms with E-state index in [1.54, 1.807) is 29.1 Å². The molecule has 1 fully saturated rings. The number of carboxylic acids is 1. The number of rotatable bonds is 5. The number of carboxylic acid groups (broad SMARTS) is 1. The van der Waals surface area contributed by atoms with Crippen LogP contribution in [0.15, 0.2) is 23.3 Å². The van der Waals surface area contributed by atoms with Crippen LogP contribution >= 0.6 is 11.3 Å². The molecule has 0 saturated carbocycles. The van der Waals surface area contributed by atoms with Crippen molar-refractivity contribution in [2.75, 3.05) is 18.0 Å². The summed E-state index contributed by atoms with van der Waals surface area (Å²) in [7, 11) is 0. The Bertz CT molecular complexity index is 700. The summed E-state index contributed by atoms with van der Waals surface area (Å²) in [6.07, 6.45) is 5.63. The molecule has 1 aliphatic heterocycles. The molecule has 0 bridgehead atoms. The molecule has 1 aliphatic rings. The maximum atomic E-state index is 10.7. The van der Waals surface area contributed by atoms with Crippen molar-refractivity contribution in [3.8, 4) is 0 Å². The summed E-state index contributed by atoms with van der Waals surface area (Å²) in [5.41, 5.74) is 0.692. The average Bonchev–Trinajstić information content (AvgIpc) is 3.15. The van der Waals surface area contributed by atoms with E-state index in [9.17, 15) is 9.90 Å². The van der Waals surface area contributed by atoms with E-state index in [1.807, 2.05) is 0 Å². The molecule has 0 amide bonds. The van der Waals surface area contributed by atoms with Gasteiger partial charge < -0.3 is 19.4 Å². The Morgan fingerprint density at radius 2 is 2.26 bits per heavy atom. The lowest BCUT2D eigenvalue weighted by atomic mass is 10.00. The Balaban J connectivity index is 1.67. The topological polar surface area (TPSA) is 86.4 Å². The average molecular weight is 332 g/mol. The van der Waals surface area contributed by atoms with Gasteiger partial charge in [0.05, 0.1) is 24.4 Å². The minimum atomic E-state index is -1.13. The number of hydrogen-bond donors (Lipinski definition) is 0. The third-order valence-corrected chi connectivity index (χ3v) is 4.82. The zero-order valence-electron chi connectivity index (χ0n) is 12.9. The van der Waals surface area contributed by atoms with Gasteiger partial charge in [-0.3, -0.25) is 0 Å². The smallest absolute Gasteiger partial charge is 0.233 e. The Labute approximate surface area is 138 Å². The molecule has 0 N–H and O–H groups in total. The van der Waals surface area contributed by atoms with Crippen LogP contribution < -0.4 is 10.0 Å². The van der Waals surface area contributed by atoms with Crippen molar-refractivity contribution in [3.05, 3.63) is 24.0 Å². The van der Waals surface area contributed by atoms with E-state index in [-0.39, 0.29) is 6.54 Å². The first-order valence-corrected chi connectivity index (χ1v) is 8.41. The first-order chi connectivity index (χ1) is 11.1. The molecule has 2 aromatic heterocycles. The van der Waals surface area contributed by atoms with Crippen LogP contribution in [0.5, 0.6) is 0 Å². The van der Waals surface area contributed by atoms with Crippen molar-refractivity contribution >= 4 is 33.8 Å². The molecule has 0 atom stereocenters. The Kier molecular flexibility index (Phi) is 4.71. The number of piperidine rings is 1. The number of carbonyl (C=O) groups is 1. The van der Waals surface area contributed by atoms with Crippen molar-refractivity contribution in [1.82, 2.24) is 14.8 Å². The van der Waals surface area contributed by atoms with Crippen LogP contribution in [0.3, 0.4) is 0 Å². The van der Waals surface area contributed by atoms with Gasteiger partial charge in [0.1, 0.15) is 0 Å². The van der Waals surface area contributed by atoms with Crippen LogP contribution in [-0.4, -0.2) is 40.0 Å². The molecular weight excluding hydrogens is 314 g/mol. The van der Waals surface area contributed by atoms with Gasteiger partial charge in [-0.25, -0.2) is 4.99 Å². The Morgan fingerprint density at radius 1 is 1.48 bits per heavy atom. The Morgan fingerprint density at radius 3 is 3.00 bits per heavy atom. The zero-order valence-corrected chi connectivity index (χ0v) is 13.7. The molecule has 0 radical (unpaired) electrons. The summed E-state index contributed by atoms with van der Waals surface area (Å²) in [6, 6.07) is 3.56. The molecule has 1 saturated heterocycles. The van der Waals surface area contributed by atoms with Gasteiger partial charge in [0.25, 0.3) is 0 Å². The predicted molar refractivity (Wildman–Crippen MR) is 87.2 cm³/mol. The zero-order chi connectivity index (χ0) is 16.2. The summed E-state index contributed by atoms with van der Waals surface area (Å²) in [5.74, 6) is -0.360. The van der Waals surface area contributed by atoms with Crippen LogP contribution in [0.1, 0.15) is 25.5 Å². The van der Waals surface area contributed by atoms with E-state index in [1.165, 1.54) is 24.2 Å². The lowest BCUT2D eigenvalue weighted by molar-refractivity contribution is -0.306. The van der Waals surface area contributed by atoms with E-state index in [2.05, 4.69) is 27.0 Å². The minimum absolute atomic E-state index is 0.193. The number of aliphatic imine (C=N–C) groups is 1. The maximum Gasteiger partial charge on any atom is 0.233 e. The molecule has 0 unspecified atom stereocenters. The van der Waals surface area contributed by atoms with Crippen LogP contribution in [0, 0.1) is 5.92 Å². The van der Waals surface area contributed by atoms with Gasteiger partial charge in [-0.2, -0.15) is 0 Å². The maximum absolute atomic E-state index is 10.7. The van der Waals surface area contributed by atoms with Gasteiger partial charge >= 0.3 is 0 Å². The van der Waals surface area contributed by atoms with Crippen molar-refractivity contribution in [3.63, 3.8) is 0 Å². The first kappa shape index (κ1) is 15.7. The van der Waals surface area contributed by atoms with Gasteiger partial charge in [0, 0.05) is 19.3 Å². The molecule has 3 rings (SSSR count). The number of nitrogens with zero attached hydrogens (tertiary/aromatic N) is 5. The van der Waals surface area contributed by atoms with E-state index >= 15 is 0 Å². The van der Waals surface area contributed by atoms with E-state index < -0.39 is 5.97 Å². The van der Waals surface area contributed by atoms with Crippen molar-refractivity contribution in [2.24, 2.45) is 10.9 Å². The van der Waals surface area contributed by atoms with Crippen molar-refractivity contribution in [1.29, 1.82) is 0 Å². The molecule has 7 nitrogen and oxygen atoms in total. The largest absolute Gasteiger partial charge is 0.548 e. The van der Waals surface area contributed by atoms with E-state index in [0.717, 1.165) is 24.1 Å². The van der Waals surface area contributed by atoms with Gasteiger partial charge in [-0.15, -0.1) is 10.2 Å². The fraction of sp³-hybridized carbons (Fsp3) is 0.467. The van der Waals surface area contributed by atoms with E-state index in [4.69, 9.17) is 0 Å². The van der Waals surface area contributed by atoms with Crippen LogP contribution in [0.2, 0.25) is 0 Å². The lowest BCUT2D eigenvalue weighted by Gasteiger charge is -2.29. The van der Waals surface area contributed by atoms with Gasteiger partial charge in [-0.05, 0) is 30.9 Å². The molecular formula is C15H18N5O2S-. The summed E-state index contributed by atoms with van der Waals surface area (Å²) < 4.78 is 1.56. The van der Waals surface area contributed by atoms with Crippen LogP contribution in [-0.2, 0) is 11.3 Å². The second kappa shape index (κ2) is 6.91. The normalized spacial score (nSPS) is 16.3. The molecule has 0 aromatic carbocycles. The number of anilines is 1. The second-order valence-electron chi connectivity index (χ2n) is 5.73. The number of hydrogen-bond acceptors (Lipinski definition) is 7. The summed E-state index contributed by atoms with van der Waals surface area (Å²) in [5, 5.41) is 20.5. The summed E-state index contributed by atoms with van der Waals surface area (Å²) >= 11 is 1.45. The van der Waals surface area contributed by atoms with Gasteiger partial charge in [0.15, 0.2) is 0 Å². The highest BCUT2D eigenvalue weighted by Gasteiger charge is 2.19. The van der Waals surface area contributed by atoms with Crippen LogP contribution in [0.4, 0.5) is 10.3 Å². The highest BCUT2D eigenvalue weighted by Crippen LogP contribution is 2.29. The number of carbonyl (C=O) groups excluding carboxylic acids is 1. The fourth-order valence-electron chi connectivity index (χ4n) is 2.54. The molecule has 0 aliphatic carbocycles. The van der Waals surface area contributed by atoms with Crippen LogP contribution in [0.25, 0.3) is 0 Å². The highest BCUT2D eigenvalue weighted by molar-refractivity contribution is 7.18. The number of aromatic nitrogens is 3. The molecule has 0 spiro atoms. The fourth-order valence-corrected chi connectivity index (χ4v) is 3.28. The predicted octanol–water partition coefficient (Wildman–Crippen LogP) is 1.08. The van der Waals surface area contributed by atoms with Crippen molar-refractivity contribution < 1.29 is 9.90 Å². The lowest BCUT2D eigenvalue weighted by Crippen LogP contribution is -2.32.